The molecule has 0 saturated carbocycles. The van der Waals surface area contributed by atoms with Gasteiger partial charge in [-0.25, -0.2) is 8.42 Å². The van der Waals surface area contributed by atoms with Crippen LogP contribution in [0.15, 0.2) is 37.0 Å². The van der Waals surface area contributed by atoms with Gasteiger partial charge in [-0.15, -0.1) is 6.58 Å². The summed E-state index contributed by atoms with van der Waals surface area (Å²) >= 11 is 0. The van der Waals surface area contributed by atoms with Crippen molar-refractivity contribution >= 4 is 10.4 Å². The summed E-state index contributed by atoms with van der Waals surface area (Å²) in [4.78, 5) is 0. The van der Waals surface area contributed by atoms with E-state index >= 15 is 0 Å². The molecule has 9 nitrogen and oxygen atoms in total. The van der Waals surface area contributed by atoms with Crippen molar-refractivity contribution in [3.05, 3.63) is 37.0 Å². The predicted molar refractivity (Wildman–Crippen MR) is 100 cm³/mol. The minimum Gasteiger partial charge on any atom is -0.726 e. The number of rotatable bonds is 13. The van der Waals surface area contributed by atoms with E-state index in [4.69, 9.17) is 23.7 Å². The Hall–Kier alpha value is -0.110. The van der Waals surface area contributed by atoms with Crippen LogP contribution in [0.4, 0.5) is 0 Å². The normalized spacial score (nSPS) is 27.1. The van der Waals surface area contributed by atoms with Crippen LogP contribution in [0.2, 0.25) is 0 Å². The molecule has 1 rings (SSSR count). The van der Waals surface area contributed by atoms with E-state index in [0.717, 1.165) is 11.1 Å². The van der Waals surface area contributed by atoms with Gasteiger partial charge in [0.25, 0.3) is 0 Å². The van der Waals surface area contributed by atoms with Gasteiger partial charge in [0, 0.05) is 7.11 Å². The first-order valence-electron chi connectivity index (χ1n) is 8.62. The third-order valence-corrected chi connectivity index (χ3v) is 4.07. The Bertz CT molecular complexity index is 637. The number of ether oxygens (including phenoxy) is 5. The summed E-state index contributed by atoms with van der Waals surface area (Å²) in [6.45, 7) is 15.3. The van der Waals surface area contributed by atoms with Gasteiger partial charge in [0.2, 0.25) is 10.4 Å². The first kappa shape index (κ1) is 28.9. The standard InChI is InChI=1S/C18H30O9S.Na/c1-7-8-24-16-15(25-10-13(4)5)14(11-23-9-12(2)3)26-18(22-6)17(16)27-28(19,20)21;/h7,14-18H,1-2,4,8-11H2,3,5-6H3,(H,19,20,21);/q;+1/p-1/t14-,15-,16+,17+,18+;/m1./s1. The average molecular weight is 444 g/mol. The second-order valence-corrected chi connectivity index (χ2v) is 7.55. The minimum atomic E-state index is -5.06. The van der Waals surface area contributed by atoms with Crippen molar-refractivity contribution in [3.63, 3.8) is 0 Å². The van der Waals surface area contributed by atoms with Crippen LogP contribution >= 0.6 is 0 Å². The second kappa shape index (κ2) is 14.0. The van der Waals surface area contributed by atoms with Crippen molar-refractivity contribution in [3.8, 4) is 0 Å². The molecule has 0 aromatic rings. The van der Waals surface area contributed by atoms with Crippen molar-refractivity contribution in [1.29, 1.82) is 0 Å². The van der Waals surface area contributed by atoms with Gasteiger partial charge in [0.05, 0.1) is 26.4 Å². The zero-order valence-corrected chi connectivity index (χ0v) is 20.3. The molecule has 29 heavy (non-hydrogen) atoms. The quantitative estimate of drug-likeness (QED) is 0.142. The summed E-state index contributed by atoms with van der Waals surface area (Å²) < 4.78 is 66.4. The van der Waals surface area contributed by atoms with Crippen LogP contribution in [0.3, 0.4) is 0 Å². The zero-order valence-electron chi connectivity index (χ0n) is 17.5. The van der Waals surface area contributed by atoms with Gasteiger partial charge in [-0.3, -0.25) is 4.18 Å². The van der Waals surface area contributed by atoms with Crippen molar-refractivity contribution in [2.45, 2.75) is 44.6 Å². The molecule has 1 heterocycles. The van der Waals surface area contributed by atoms with Gasteiger partial charge < -0.3 is 28.2 Å². The van der Waals surface area contributed by atoms with Crippen LogP contribution in [0.1, 0.15) is 13.8 Å². The molecule has 0 aromatic carbocycles. The molecule has 1 fully saturated rings. The first-order valence-corrected chi connectivity index (χ1v) is 9.95. The van der Waals surface area contributed by atoms with E-state index in [2.05, 4.69) is 23.9 Å². The Morgan fingerprint density at radius 2 is 1.72 bits per heavy atom. The molecule has 0 amide bonds. The van der Waals surface area contributed by atoms with Gasteiger partial charge in [0.15, 0.2) is 12.4 Å². The molecule has 0 bridgehead atoms. The Kier molecular flexibility index (Phi) is 14.0. The van der Waals surface area contributed by atoms with E-state index in [9.17, 15) is 13.0 Å². The summed E-state index contributed by atoms with van der Waals surface area (Å²) in [5.41, 5.74) is 1.54. The minimum absolute atomic E-state index is 0. The van der Waals surface area contributed by atoms with E-state index < -0.39 is 41.1 Å². The van der Waals surface area contributed by atoms with E-state index in [1.54, 1.807) is 6.92 Å². The van der Waals surface area contributed by atoms with Crippen LogP contribution in [-0.4, -0.2) is 77.2 Å². The first-order chi connectivity index (χ1) is 13.1. The average Bonchev–Trinajstić information content (AvgIpc) is 2.58. The fraction of sp³-hybridized carbons (Fsp3) is 0.667. The van der Waals surface area contributed by atoms with E-state index in [1.807, 2.05) is 6.92 Å². The summed E-state index contributed by atoms with van der Waals surface area (Å²) in [6.07, 6.45) is -3.60. The largest absolute Gasteiger partial charge is 1.00 e. The van der Waals surface area contributed by atoms with Crippen LogP contribution in [0, 0.1) is 0 Å². The van der Waals surface area contributed by atoms with E-state index in [0.29, 0.717) is 6.61 Å². The fourth-order valence-electron chi connectivity index (χ4n) is 2.60. The third kappa shape index (κ3) is 10.7. The molecule has 1 aliphatic rings. The second-order valence-electron chi connectivity index (χ2n) is 6.54. The van der Waals surface area contributed by atoms with E-state index in [-0.39, 0.29) is 49.4 Å². The van der Waals surface area contributed by atoms with Crippen LogP contribution in [0.5, 0.6) is 0 Å². The molecule has 0 radical (unpaired) electrons. The third-order valence-electron chi connectivity index (χ3n) is 3.61. The molecule has 11 heteroatoms. The summed E-state index contributed by atoms with van der Waals surface area (Å²) in [5, 5.41) is 0. The maximum absolute atomic E-state index is 11.2. The summed E-state index contributed by atoms with van der Waals surface area (Å²) in [5.74, 6) is 0. The molecule has 0 unspecified atom stereocenters. The molecule has 162 valence electrons. The van der Waals surface area contributed by atoms with Crippen molar-refractivity contribution in [2.24, 2.45) is 0 Å². The van der Waals surface area contributed by atoms with E-state index in [1.165, 1.54) is 13.2 Å². The molecule has 0 N–H and O–H groups in total. The smallest absolute Gasteiger partial charge is 0.726 e. The molecule has 0 spiro atoms. The topological polar surface area (TPSA) is 113 Å². The van der Waals surface area contributed by atoms with Gasteiger partial charge in [-0.2, -0.15) is 0 Å². The Balaban J connectivity index is 0.00000784. The number of hydrogen-bond acceptors (Lipinski definition) is 9. The fourth-order valence-corrected chi connectivity index (χ4v) is 3.07. The van der Waals surface area contributed by atoms with Gasteiger partial charge in [0.1, 0.15) is 18.3 Å². The Morgan fingerprint density at radius 1 is 1.10 bits per heavy atom. The molecule has 5 atom stereocenters. The Morgan fingerprint density at radius 3 is 2.21 bits per heavy atom. The Labute approximate surface area is 195 Å². The number of hydrogen-bond donors (Lipinski definition) is 0. The number of methoxy groups -OCH3 is 1. The maximum Gasteiger partial charge on any atom is 1.00 e. The predicted octanol–water partition coefficient (Wildman–Crippen LogP) is -1.67. The van der Waals surface area contributed by atoms with Crippen LogP contribution < -0.4 is 29.6 Å². The SMILES string of the molecule is C=CCO[C@@H]1[C@H](OS(=O)(=O)[O-])[C@@H](OC)O[C@H](COCC(=C)C)[C@H]1OCC(=C)C.[Na+]. The summed E-state index contributed by atoms with van der Waals surface area (Å²) in [6, 6.07) is 0. The van der Waals surface area contributed by atoms with Crippen LogP contribution in [0.25, 0.3) is 0 Å². The van der Waals surface area contributed by atoms with Gasteiger partial charge >= 0.3 is 29.6 Å². The molecular formula is C18H29NaO9S. The van der Waals surface area contributed by atoms with Gasteiger partial charge in [-0.05, 0) is 13.8 Å². The van der Waals surface area contributed by atoms with Crippen molar-refractivity contribution < 1.29 is 70.4 Å². The monoisotopic (exact) mass is 444 g/mol. The molecule has 1 saturated heterocycles. The molecule has 0 aromatic heterocycles. The van der Waals surface area contributed by atoms with Gasteiger partial charge in [-0.1, -0.05) is 30.4 Å². The maximum atomic E-state index is 11.2. The molecule has 0 aliphatic carbocycles. The summed E-state index contributed by atoms with van der Waals surface area (Å²) in [7, 11) is -3.76. The van der Waals surface area contributed by atoms with Crippen molar-refractivity contribution in [2.75, 3.05) is 33.5 Å². The molecule has 1 aliphatic heterocycles. The zero-order chi connectivity index (χ0) is 21.3. The van der Waals surface area contributed by atoms with Crippen LogP contribution in [-0.2, 0) is 38.3 Å². The molecular weight excluding hydrogens is 415 g/mol. The van der Waals surface area contributed by atoms with Crippen molar-refractivity contribution in [1.82, 2.24) is 0 Å².